The van der Waals surface area contributed by atoms with Crippen LogP contribution in [0.2, 0.25) is 0 Å². The van der Waals surface area contributed by atoms with Gasteiger partial charge in [0.15, 0.2) is 0 Å². The first-order chi connectivity index (χ1) is 13.4. The van der Waals surface area contributed by atoms with Gasteiger partial charge in [0.1, 0.15) is 5.75 Å². The SMILES string of the molecule is CCOc1cc(C(=O)N(C)C)ccc1NC(=O)[C@H]1CNC[C@@H]1c1cnn(C)c1.Cl. The van der Waals surface area contributed by atoms with Gasteiger partial charge < -0.3 is 20.3 Å². The third-order valence-electron chi connectivity index (χ3n) is 4.90. The number of rotatable bonds is 6. The number of ether oxygens (including phenoxy) is 1. The zero-order chi connectivity index (χ0) is 20.3. The monoisotopic (exact) mass is 421 g/mol. The van der Waals surface area contributed by atoms with E-state index in [-0.39, 0.29) is 36.1 Å². The smallest absolute Gasteiger partial charge is 0.253 e. The molecule has 158 valence electrons. The molecule has 2 heterocycles. The van der Waals surface area contributed by atoms with Gasteiger partial charge in [0.2, 0.25) is 5.91 Å². The first-order valence-corrected chi connectivity index (χ1v) is 9.39. The van der Waals surface area contributed by atoms with Gasteiger partial charge in [-0.25, -0.2) is 0 Å². The Kier molecular flexibility index (Phi) is 7.64. The summed E-state index contributed by atoms with van der Waals surface area (Å²) in [5, 5.41) is 10.5. The van der Waals surface area contributed by atoms with Crippen LogP contribution < -0.4 is 15.4 Å². The number of amides is 2. The van der Waals surface area contributed by atoms with Crippen LogP contribution in [0.4, 0.5) is 5.69 Å². The summed E-state index contributed by atoms with van der Waals surface area (Å²) in [7, 11) is 5.26. The molecule has 1 saturated heterocycles. The normalized spacial score (nSPS) is 18.1. The van der Waals surface area contributed by atoms with E-state index in [0.717, 1.165) is 12.1 Å². The fraction of sp³-hybridized carbons (Fsp3) is 0.450. The molecule has 0 saturated carbocycles. The summed E-state index contributed by atoms with van der Waals surface area (Å²) in [6, 6.07) is 5.10. The topological polar surface area (TPSA) is 88.5 Å². The Hall–Kier alpha value is -2.58. The van der Waals surface area contributed by atoms with Crippen LogP contribution in [0.5, 0.6) is 5.75 Å². The maximum atomic E-state index is 13.0. The molecule has 0 spiro atoms. The Bertz CT molecular complexity index is 868. The molecule has 0 unspecified atom stereocenters. The van der Waals surface area contributed by atoms with Crippen LogP contribution in [0.15, 0.2) is 30.6 Å². The van der Waals surface area contributed by atoms with Crippen molar-refractivity contribution in [1.82, 2.24) is 20.0 Å². The number of anilines is 1. The number of carbonyl (C=O) groups excluding carboxylic acids is 2. The van der Waals surface area contributed by atoms with E-state index in [4.69, 9.17) is 4.74 Å². The summed E-state index contributed by atoms with van der Waals surface area (Å²) in [5.41, 5.74) is 2.13. The second-order valence-corrected chi connectivity index (χ2v) is 7.15. The molecule has 0 radical (unpaired) electrons. The van der Waals surface area contributed by atoms with Crippen LogP contribution in [0, 0.1) is 5.92 Å². The third kappa shape index (κ3) is 5.07. The van der Waals surface area contributed by atoms with Crippen molar-refractivity contribution in [1.29, 1.82) is 0 Å². The van der Waals surface area contributed by atoms with E-state index in [0.29, 0.717) is 30.2 Å². The largest absolute Gasteiger partial charge is 0.492 e. The summed E-state index contributed by atoms with van der Waals surface area (Å²) in [4.78, 5) is 26.7. The predicted octanol–water partition coefficient (Wildman–Crippen LogP) is 1.88. The molecule has 1 aromatic carbocycles. The van der Waals surface area contributed by atoms with E-state index >= 15 is 0 Å². The van der Waals surface area contributed by atoms with Gasteiger partial charge in [-0.2, -0.15) is 5.10 Å². The zero-order valence-electron chi connectivity index (χ0n) is 17.1. The van der Waals surface area contributed by atoms with Gasteiger partial charge in [0.05, 0.1) is 24.4 Å². The van der Waals surface area contributed by atoms with Crippen LogP contribution in [0.1, 0.15) is 28.8 Å². The molecule has 2 aromatic rings. The van der Waals surface area contributed by atoms with E-state index in [2.05, 4.69) is 15.7 Å². The predicted molar refractivity (Wildman–Crippen MR) is 114 cm³/mol. The molecule has 3 rings (SSSR count). The zero-order valence-corrected chi connectivity index (χ0v) is 18.0. The Labute approximate surface area is 177 Å². The summed E-state index contributed by atoms with van der Waals surface area (Å²) in [5.74, 6) is 0.162. The van der Waals surface area contributed by atoms with E-state index in [9.17, 15) is 9.59 Å². The lowest BCUT2D eigenvalue weighted by Crippen LogP contribution is -2.28. The highest BCUT2D eigenvalue weighted by Gasteiger charge is 2.35. The minimum absolute atomic E-state index is 0. The molecule has 9 heteroatoms. The first-order valence-electron chi connectivity index (χ1n) is 9.39. The Balaban J connectivity index is 0.00000300. The second kappa shape index (κ2) is 9.76. The van der Waals surface area contributed by atoms with E-state index in [1.807, 2.05) is 26.4 Å². The van der Waals surface area contributed by atoms with Gasteiger partial charge in [-0.3, -0.25) is 14.3 Å². The van der Waals surface area contributed by atoms with Crippen molar-refractivity contribution >= 4 is 29.9 Å². The quantitative estimate of drug-likeness (QED) is 0.743. The highest BCUT2D eigenvalue weighted by atomic mass is 35.5. The maximum absolute atomic E-state index is 13.0. The molecule has 0 bridgehead atoms. The summed E-state index contributed by atoms with van der Waals surface area (Å²) < 4.78 is 7.42. The molecule has 1 fully saturated rings. The summed E-state index contributed by atoms with van der Waals surface area (Å²) >= 11 is 0. The molecule has 2 atom stereocenters. The van der Waals surface area contributed by atoms with Crippen molar-refractivity contribution in [2.75, 3.05) is 39.1 Å². The van der Waals surface area contributed by atoms with Crippen molar-refractivity contribution in [2.45, 2.75) is 12.8 Å². The number of halogens is 1. The molecule has 2 amide bonds. The molecule has 29 heavy (non-hydrogen) atoms. The Morgan fingerprint density at radius 1 is 1.34 bits per heavy atom. The number of benzene rings is 1. The van der Waals surface area contributed by atoms with Crippen molar-refractivity contribution < 1.29 is 14.3 Å². The van der Waals surface area contributed by atoms with Crippen molar-refractivity contribution in [2.24, 2.45) is 13.0 Å². The van der Waals surface area contributed by atoms with Gasteiger partial charge in [0.25, 0.3) is 5.91 Å². The average molecular weight is 422 g/mol. The van der Waals surface area contributed by atoms with Gasteiger partial charge in [-0.05, 0) is 30.7 Å². The minimum Gasteiger partial charge on any atom is -0.492 e. The number of hydrogen-bond acceptors (Lipinski definition) is 5. The van der Waals surface area contributed by atoms with Gasteiger partial charge >= 0.3 is 0 Å². The van der Waals surface area contributed by atoms with Crippen LogP contribution in [0.25, 0.3) is 0 Å². The molecule has 8 nitrogen and oxygen atoms in total. The lowest BCUT2D eigenvalue weighted by molar-refractivity contribution is -0.119. The fourth-order valence-electron chi connectivity index (χ4n) is 3.45. The van der Waals surface area contributed by atoms with Gasteiger partial charge in [-0.15, -0.1) is 12.4 Å². The first kappa shape index (κ1) is 22.7. The highest BCUT2D eigenvalue weighted by molar-refractivity contribution is 5.98. The highest BCUT2D eigenvalue weighted by Crippen LogP contribution is 2.31. The summed E-state index contributed by atoms with van der Waals surface area (Å²) in [6.07, 6.45) is 3.76. The van der Waals surface area contributed by atoms with E-state index in [1.165, 1.54) is 4.90 Å². The standard InChI is InChI=1S/C20H27N5O3.ClH/c1-5-28-18-8-13(20(27)24(2)3)6-7-17(18)23-19(26)16-11-21-10-15(16)14-9-22-25(4)12-14;/h6-9,12,15-16,21H,5,10-11H2,1-4H3,(H,23,26);1H/t15-,16+;/m1./s1. The fourth-order valence-corrected chi connectivity index (χ4v) is 3.45. The molecule has 0 aliphatic carbocycles. The lowest BCUT2D eigenvalue weighted by Gasteiger charge is -2.19. The number of aromatic nitrogens is 2. The average Bonchev–Trinajstić information content (AvgIpc) is 3.31. The number of hydrogen-bond donors (Lipinski definition) is 2. The van der Waals surface area contributed by atoms with Crippen molar-refractivity contribution in [3.8, 4) is 5.75 Å². The van der Waals surface area contributed by atoms with Crippen molar-refractivity contribution in [3.05, 3.63) is 41.7 Å². The number of aryl methyl sites for hydroxylation is 1. The van der Waals surface area contributed by atoms with Gasteiger partial charge in [0, 0.05) is 51.9 Å². The minimum atomic E-state index is -0.207. The number of carbonyl (C=O) groups is 2. The van der Waals surface area contributed by atoms with Crippen molar-refractivity contribution in [3.63, 3.8) is 0 Å². The molecular formula is C20H28ClN5O3. The molecule has 1 aliphatic heterocycles. The molecule has 1 aliphatic rings. The number of nitrogens with one attached hydrogen (secondary N) is 2. The third-order valence-corrected chi connectivity index (χ3v) is 4.90. The maximum Gasteiger partial charge on any atom is 0.253 e. The lowest BCUT2D eigenvalue weighted by atomic mass is 9.90. The van der Waals surface area contributed by atoms with Crippen LogP contribution in [-0.2, 0) is 11.8 Å². The Morgan fingerprint density at radius 2 is 2.10 bits per heavy atom. The van der Waals surface area contributed by atoms with Crippen LogP contribution in [-0.4, -0.2) is 60.3 Å². The Morgan fingerprint density at radius 3 is 2.72 bits per heavy atom. The number of nitrogens with zero attached hydrogens (tertiary/aromatic N) is 3. The van der Waals surface area contributed by atoms with E-state index in [1.54, 1.807) is 37.0 Å². The molecular weight excluding hydrogens is 394 g/mol. The molecule has 2 N–H and O–H groups in total. The van der Waals surface area contributed by atoms with Crippen LogP contribution >= 0.6 is 12.4 Å². The van der Waals surface area contributed by atoms with Crippen LogP contribution in [0.3, 0.4) is 0 Å². The molecule has 1 aromatic heterocycles. The van der Waals surface area contributed by atoms with Gasteiger partial charge in [-0.1, -0.05) is 0 Å². The second-order valence-electron chi connectivity index (χ2n) is 7.15. The van der Waals surface area contributed by atoms with E-state index < -0.39 is 0 Å². The summed E-state index contributed by atoms with van der Waals surface area (Å²) in [6.45, 7) is 3.64.